The van der Waals surface area contributed by atoms with Gasteiger partial charge in [0.25, 0.3) is 0 Å². The number of nitrogens with one attached hydrogen (secondary N) is 1. The molecule has 1 aliphatic carbocycles. The molecule has 7 heteroatoms. The van der Waals surface area contributed by atoms with Crippen molar-refractivity contribution < 1.29 is 9.53 Å². The van der Waals surface area contributed by atoms with Crippen molar-refractivity contribution in [2.75, 3.05) is 7.11 Å². The fourth-order valence-electron chi connectivity index (χ4n) is 3.64. The topological polar surface area (TPSA) is 69.0 Å². The number of benzene rings is 2. The first-order valence-electron chi connectivity index (χ1n) is 10.6. The van der Waals surface area contributed by atoms with Gasteiger partial charge in [0.2, 0.25) is 5.91 Å². The van der Waals surface area contributed by atoms with Crippen molar-refractivity contribution in [2.45, 2.75) is 42.6 Å². The quantitative estimate of drug-likeness (QED) is 0.506. The van der Waals surface area contributed by atoms with Gasteiger partial charge in [-0.05, 0) is 42.5 Å². The predicted molar refractivity (Wildman–Crippen MR) is 122 cm³/mol. The number of hydrogen-bond acceptors (Lipinski definition) is 5. The molecule has 1 aliphatic rings. The van der Waals surface area contributed by atoms with Crippen LogP contribution in [0.25, 0.3) is 0 Å². The Hall–Kier alpha value is -2.80. The lowest BCUT2D eigenvalue weighted by atomic mass is 9.84. The first-order valence-corrected chi connectivity index (χ1v) is 11.6. The van der Waals surface area contributed by atoms with Crippen LogP contribution in [-0.2, 0) is 24.0 Å². The number of rotatable bonds is 9. The number of amides is 1. The monoisotopic (exact) mass is 436 g/mol. The van der Waals surface area contributed by atoms with Crippen LogP contribution in [0.1, 0.15) is 42.3 Å². The lowest BCUT2D eigenvalue weighted by Gasteiger charge is -2.27. The largest absolute Gasteiger partial charge is 0.497 e. The van der Waals surface area contributed by atoms with Gasteiger partial charge in [0.15, 0.2) is 11.0 Å². The minimum Gasteiger partial charge on any atom is -0.497 e. The molecule has 3 aromatic rings. The summed E-state index contributed by atoms with van der Waals surface area (Å²) in [6.07, 6.45) is 3.78. The molecule has 0 radical (unpaired) electrons. The van der Waals surface area contributed by atoms with Crippen molar-refractivity contribution in [1.82, 2.24) is 20.1 Å². The molecule has 162 valence electrons. The van der Waals surface area contributed by atoms with Gasteiger partial charge in [-0.25, -0.2) is 0 Å². The van der Waals surface area contributed by atoms with Gasteiger partial charge in [-0.15, -0.1) is 10.2 Å². The number of nitrogens with zero attached hydrogens (tertiary/aromatic N) is 3. The van der Waals surface area contributed by atoms with Crippen LogP contribution in [0.15, 0.2) is 59.8 Å². The molecule has 1 aromatic heterocycles. The van der Waals surface area contributed by atoms with Crippen molar-refractivity contribution in [1.29, 1.82) is 0 Å². The number of carbonyl (C=O) groups is 1. The van der Waals surface area contributed by atoms with E-state index in [9.17, 15) is 4.79 Å². The minimum atomic E-state index is -0.205. The summed E-state index contributed by atoms with van der Waals surface area (Å²) in [7, 11) is 3.64. The number of hydrogen-bond donors (Lipinski definition) is 1. The van der Waals surface area contributed by atoms with Crippen LogP contribution in [-0.4, -0.2) is 27.8 Å². The first-order chi connectivity index (χ1) is 15.1. The smallest absolute Gasteiger partial charge is 0.223 e. The molecule has 1 unspecified atom stereocenters. The standard InChI is InChI=1S/C24H28N4O2S/c1-28-22(26-27-24(28)31-16-18-11-13-20(30-2)14-12-18)21(15-17-7-4-3-5-8-17)25-23(29)19-9-6-10-19/h3-5,7-8,11-14,19,21H,6,9-10,15-16H2,1-2H3,(H,25,29). The van der Waals surface area contributed by atoms with Crippen LogP contribution in [0.3, 0.4) is 0 Å². The summed E-state index contributed by atoms with van der Waals surface area (Å²) in [5.74, 6) is 2.68. The van der Waals surface area contributed by atoms with Gasteiger partial charge in [0.05, 0.1) is 13.2 Å². The molecular formula is C24H28N4O2S. The normalized spacial score (nSPS) is 14.6. The molecule has 1 atom stereocenters. The fourth-order valence-corrected chi connectivity index (χ4v) is 4.52. The van der Waals surface area contributed by atoms with Crippen LogP contribution < -0.4 is 10.1 Å². The van der Waals surface area contributed by atoms with E-state index in [0.717, 1.165) is 47.3 Å². The van der Waals surface area contributed by atoms with Crippen molar-refractivity contribution >= 4 is 17.7 Å². The summed E-state index contributed by atoms with van der Waals surface area (Å²) < 4.78 is 7.23. The summed E-state index contributed by atoms with van der Waals surface area (Å²) in [4.78, 5) is 12.7. The van der Waals surface area contributed by atoms with Gasteiger partial charge in [-0.1, -0.05) is 60.6 Å². The molecule has 1 amide bonds. The Morgan fingerprint density at radius 1 is 1.13 bits per heavy atom. The maximum atomic E-state index is 12.7. The molecule has 31 heavy (non-hydrogen) atoms. The molecule has 1 N–H and O–H groups in total. The van der Waals surface area contributed by atoms with Gasteiger partial charge in [0, 0.05) is 18.7 Å². The molecule has 0 saturated heterocycles. The molecule has 2 aromatic carbocycles. The fraction of sp³-hybridized carbons (Fsp3) is 0.375. The third-order valence-corrected chi connectivity index (χ3v) is 6.87. The second kappa shape index (κ2) is 10.0. The van der Waals surface area contributed by atoms with Gasteiger partial charge in [-0.3, -0.25) is 4.79 Å². The lowest BCUT2D eigenvalue weighted by molar-refractivity contribution is -0.128. The van der Waals surface area contributed by atoms with E-state index >= 15 is 0 Å². The van der Waals surface area contributed by atoms with Crippen LogP contribution in [0.2, 0.25) is 0 Å². The molecule has 6 nitrogen and oxygen atoms in total. The highest BCUT2D eigenvalue weighted by Crippen LogP contribution is 2.29. The Bertz CT molecular complexity index is 1000. The second-order valence-electron chi connectivity index (χ2n) is 7.92. The number of thioether (sulfide) groups is 1. The Labute approximate surface area is 187 Å². The third kappa shape index (κ3) is 5.28. The summed E-state index contributed by atoms with van der Waals surface area (Å²) in [5.41, 5.74) is 2.35. The van der Waals surface area contributed by atoms with E-state index in [1.54, 1.807) is 18.9 Å². The van der Waals surface area contributed by atoms with Gasteiger partial charge < -0.3 is 14.6 Å². The Morgan fingerprint density at radius 3 is 2.52 bits per heavy atom. The van der Waals surface area contributed by atoms with Crippen molar-refractivity contribution in [2.24, 2.45) is 13.0 Å². The molecule has 1 heterocycles. The van der Waals surface area contributed by atoms with E-state index < -0.39 is 0 Å². The zero-order valence-electron chi connectivity index (χ0n) is 18.0. The van der Waals surface area contributed by atoms with Crippen LogP contribution >= 0.6 is 11.8 Å². The van der Waals surface area contributed by atoms with Crippen LogP contribution in [0.5, 0.6) is 5.75 Å². The zero-order chi connectivity index (χ0) is 21.6. The Kier molecular flexibility index (Phi) is 6.92. The van der Waals surface area contributed by atoms with Crippen molar-refractivity contribution in [3.63, 3.8) is 0 Å². The van der Waals surface area contributed by atoms with Crippen molar-refractivity contribution in [3.8, 4) is 5.75 Å². The Balaban J connectivity index is 1.48. The highest BCUT2D eigenvalue weighted by Gasteiger charge is 2.29. The van der Waals surface area contributed by atoms with E-state index in [0.29, 0.717) is 6.42 Å². The maximum Gasteiger partial charge on any atom is 0.223 e. The van der Waals surface area contributed by atoms with E-state index in [2.05, 4.69) is 39.8 Å². The molecule has 4 rings (SSSR count). The maximum absolute atomic E-state index is 12.7. The molecule has 1 fully saturated rings. The predicted octanol–water partition coefficient (Wildman–Crippen LogP) is 4.32. The summed E-state index contributed by atoms with van der Waals surface area (Å²) >= 11 is 1.63. The number of aromatic nitrogens is 3. The Morgan fingerprint density at radius 2 is 1.87 bits per heavy atom. The van der Waals surface area contributed by atoms with Gasteiger partial charge >= 0.3 is 0 Å². The molecule has 1 saturated carbocycles. The summed E-state index contributed by atoms with van der Waals surface area (Å²) in [5, 5.41) is 13.0. The van der Waals surface area contributed by atoms with Gasteiger partial charge in [-0.2, -0.15) is 0 Å². The summed E-state index contributed by atoms with van der Waals surface area (Å²) in [6.45, 7) is 0. The highest BCUT2D eigenvalue weighted by atomic mass is 32.2. The highest BCUT2D eigenvalue weighted by molar-refractivity contribution is 7.98. The number of ether oxygens (including phenoxy) is 1. The number of methoxy groups -OCH3 is 1. The molecule has 0 aliphatic heterocycles. The van der Waals surface area contributed by atoms with Gasteiger partial charge in [0.1, 0.15) is 5.75 Å². The summed E-state index contributed by atoms with van der Waals surface area (Å²) in [6, 6.07) is 18.0. The average molecular weight is 437 g/mol. The first kappa shape index (κ1) is 21.4. The molecule has 0 bridgehead atoms. The second-order valence-corrected chi connectivity index (χ2v) is 8.86. The number of carbonyl (C=O) groups excluding carboxylic acids is 1. The van der Waals surface area contributed by atoms with Crippen LogP contribution in [0, 0.1) is 5.92 Å². The lowest BCUT2D eigenvalue weighted by Crippen LogP contribution is -2.38. The molecular weight excluding hydrogens is 408 g/mol. The van der Waals surface area contributed by atoms with E-state index in [1.165, 1.54) is 5.56 Å². The van der Waals surface area contributed by atoms with Crippen molar-refractivity contribution in [3.05, 3.63) is 71.5 Å². The van der Waals surface area contributed by atoms with E-state index in [-0.39, 0.29) is 17.9 Å². The van der Waals surface area contributed by atoms with E-state index in [1.807, 2.05) is 41.9 Å². The average Bonchev–Trinajstić information content (AvgIpc) is 3.12. The minimum absolute atomic E-state index is 0.127. The SMILES string of the molecule is COc1ccc(CSc2nnc(C(Cc3ccccc3)NC(=O)C3CCC3)n2C)cc1. The third-order valence-electron chi connectivity index (χ3n) is 5.78. The molecule has 0 spiro atoms. The zero-order valence-corrected chi connectivity index (χ0v) is 18.8. The van der Waals surface area contributed by atoms with E-state index in [4.69, 9.17) is 4.74 Å². The van der Waals surface area contributed by atoms with Crippen LogP contribution in [0.4, 0.5) is 0 Å².